The van der Waals surface area contributed by atoms with Crippen LogP contribution in [0.2, 0.25) is 0 Å². The highest BCUT2D eigenvalue weighted by Gasteiger charge is 2.13. The zero-order valence-corrected chi connectivity index (χ0v) is 11.0. The molecule has 0 aliphatic heterocycles. The van der Waals surface area contributed by atoms with Crippen molar-refractivity contribution in [2.45, 2.75) is 13.8 Å². The molecule has 0 saturated heterocycles. The summed E-state index contributed by atoms with van der Waals surface area (Å²) in [6, 6.07) is 4.90. The number of rotatable bonds is 4. The summed E-state index contributed by atoms with van der Waals surface area (Å²) in [7, 11) is 0. The maximum atomic E-state index is 10.9. The second-order valence-electron chi connectivity index (χ2n) is 3.77. The summed E-state index contributed by atoms with van der Waals surface area (Å²) in [5.74, 6) is 0.535. The molecule has 0 spiro atoms. The third kappa shape index (κ3) is 2.48. The Bertz CT molecular complexity index is 580. The number of hydrogen-bond donors (Lipinski definition) is 1. The Labute approximate surface area is 109 Å². The van der Waals surface area contributed by atoms with Crippen LogP contribution in [0, 0.1) is 17.0 Å². The minimum atomic E-state index is -0.395. The minimum absolute atomic E-state index is 0.0570. The van der Waals surface area contributed by atoms with Gasteiger partial charge < -0.3 is 5.32 Å². The molecule has 6 heteroatoms. The Morgan fingerprint density at radius 1 is 1.50 bits per heavy atom. The molecule has 94 valence electrons. The number of anilines is 1. The van der Waals surface area contributed by atoms with Crippen molar-refractivity contribution in [2.75, 3.05) is 11.9 Å². The normalized spacial score (nSPS) is 10.3. The first-order chi connectivity index (χ1) is 8.61. The van der Waals surface area contributed by atoms with E-state index in [0.29, 0.717) is 18.1 Å². The summed E-state index contributed by atoms with van der Waals surface area (Å²) in [5, 5.41) is 15.9. The molecule has 0 amide bonds. The lowest BCUT2D eigenvalue weighted by Crippen LogP contribution is -2.01. The van der Waals surface area contributed by atoms with Crippen LogP contribution in [-0.2, 0) is 0 Å². The van der Waals surface area contributed by atoms with Gasteiger partial charge in [0.1, 0.15) is 5.82 Å². The van der Waals surface area contributed by atoms with Gasteiger partial charge in [0, 0.05) is 23.1 Å². The molecule has 0 bridgehead atoms. The predicted octanol–water partition coefficient (Wildman–Crippen LogP) is 3.46. The zero-order chi connectivity index (χ0) is 13.1. The molecule has 1 N–H and O–H groups in total. The van der Waals surface area contributed by atoms with E-state index in [1.807, 2.05) is 25.3 Å². The second-order valence-corrected chi connectivity index (χ2v) is 4.89. The zero-order valence-electron chi connectivity index (χ0n) is 10.1. The van der Waals surface area contributed by atoms with Crippen molar-refractivity contribution in [3.05, 3.63) is 38.6 Å². The third-order valence-corrected chi connectivity index (χ3v) is 3.36. The number of nitrogens with one attached hydrogen (secondary N) is 1. The quantitative estimate of drug-likeness (QED) is 0.677. The molecule has 0 aromatic carbocycles. The fourth-order valence-electron chi connectivity index (χ4n) is 1.68. The molecule has 0 radical (unpaired) electrons. The third-order valence-electron chi connectivity index (χ3n) is 2.51. The van der Waals surface area contributed by atoms with E-state index in [1.54, 1.807) is 11.3 Å². The van der Waals surface area contributed by atoms with Gasteiger partial charge in [0.15, 0.2) is 0 Å². The van der Waals surface area contributed by atoms with Crippen molar-refractivity contribution < 1.29 is 4.92 Å². The number of aryl methyl sites for hydroxylation is 1. The summed E-state index contributed by atoms with van der Waals surface area (Å²) in [4.78, 5) is 16.0. The van der Waals surface area contributed by atoms with Gasteiger partial charge in [-0.2, -0.15) is 0 Å². The first-order valence-corrected chi connectivity index (χ1v) is 6.44. The van der Waals surface area contributed by atoms with Crippen LogP contribution in [-0.4, -0.2) is 16.5 Å². The first kappa shape index (κ1) is 12.5. The predicted molar refractivity (Wildman–Crippen MR) is 73.1 cm³/mol. The Balaban J connectivity index is 2.53. The molecule has 0 atom stereocenters. The Morgan fingerprint density at radius 2 is 2.28 bits per heavy atom. The lowest BCUT2D eigenvalue weighted by molar-refractivity contribution is -0.384. The molecule has 2 aromatic heterocycles. The van der Waals surface area contributed by atoms with E-state index in [-0.39, 0.29) is 5.69 Å². The summed E-state index contributed by atoms with van der Waals surface area (Å²) in [6.45, 7) is 4.58. The summed E-state index contributed by atoms with van der Waals surface area (Å²) in [5.41, 5.74) is 1.64. The molecular weight excluding hydrogens is 250 g/mol. The lowest BCUT2D eigenvalue weighted by atomic mass is 10.1. The molecule has 0 saturated carbocycles. The number of nitrogens with zero attached hydrogens (tertiary/aromatic N) is 2. The van der Waals surface area contributed by atoms with Crippen LogP contribution >= 0.6 is 11.3 Å². The van der Waals surface area contributed by atoms with Gasteiger partial charge in [-0.05, 0) is 25.3 Å². The Hall–Kier alpha value is -1.95. The fraction of sp³-hybridized carbons (Fsp3) is 0.250. The monoisotopic (exact) mass is 263 g/mol. The Morgan fingerprint density at radius 3 is 2.83 bits per heavy atom. The largest absolute Gasteiger partial charge is 0.370 e. The van der Waals surface area contributed by atoms with Crippen LogP contribution in [0.5, 0.6) is 0 Å². The van der Waals surface area contributed by atoms with E-state index in [0.717, 1.165) is 10.4 Å². The van der Waals surface area contributed by atoms with Gasteiger partial charge in [0.2, 0.25) is 0 Å². The van der Waals surface area contributed by atoms with Crippen molar-refractivity contribution in [2.24, 2.45) is 0 Å². The van der Waals surface area contributed by atoms with E-state index in [9.17, 15) is 10.1 Å². The van der Waals surface area contributed by atoms with E-state index in [2.05, 4.69) is 10.3 Å². The highest BCUT2D eigenvalue weighted by molar-refractivity contribution is 7.10. The highest BCUT2D eigenvalue weighted by atomic mass is 32.1. The molecule has 5 nitrogen and oxygen atoms in total. The van der Waals surface area contributed by atoms with Gasteiger partial charge in [-0.25, -0.2) is 4.98 Å². The first-order valence-electron chi connectivity index (χ1n) is 5.56. The SMILES string of the molecule is CCNc1cc([N+](=O)[O-])cc(-c2ccsc2C)n1. The van der Waals surface area contributed by atoms with Gasteiger partial charge in [0.05, 0.1) is 16.7 Å². The Kier molecular flexibility index (Phi) is 3.57. The molecule has 2 aromatic rings. The van der Waals surface area contributed by atoms with Crippen molar-refractivity contribution in [1.29, 1.82) is 0 Å². The molecule has 2 rings (SSSR count). The van der Waals surface area contributed by atoms with E-state index >= 15 is 0 Å². The van der Waals surface area contributed by atoms with Gasteiger partial charge in [0.25, 0.3) is 5.69 Å². The average molecular weight is 263 g/mol. The van der Waals surface area contributed by atoms with Crippen molar-refractivity contribution >= 4 is 22.8 Å². The van der Waals surface area contributed by atoms with Gasteiger partial charge in [-0.15, -0.1) is 11.3 Å². The van der Waals surface area contributed by atoms with E-state index in [4.69, 9.17) is 0 Å². The van der Waals surface area contributed by atoms with Gasteiger partial charge in [-0.1, -0.05) is 0 Å². The number of pyridine rings is 1. The minimum Gasteiger partial charge on any atom is -0.370 e. The van der Waals surface area contributed by atoms with Crippen LogP contribution in [0.4, 0.5) is 11.5 Å². The number of thiophene rings is 1. The number of aromatic nitrogens is 1. The smallest absolute Gasteiger partial charge is 0.275 e. The molecule has 0 fully saturated rings. The summed E-state index contributed by atoms with van der Waals surface area (Å²) in [6.07, 6.45) is 0. The maximum Gasteiger partial charge on any atom is 0.275 e. The van der Waals surface area contributed by atoms with Crippen molar-refractivity contribution in [3.63, 3.8) is 0 Å². The summed E-state index contributed by atoms with van der Waals surface area (Å²) < 4.78 is 0. The van der Waals surface area contributed by atoms with Gasteiger partial charge >= 0.3 is 0 Å². The van der Waals surface area contributed by atoms with Crippen molar-refractivity contribution in [1.82, 2.24) is 4.98 Å². The number of nitro groups is 1. The molecule has 0 aliphatic rings. The van der Waals surface area contributed by atoms with E-state index in [1.165, 1.54) is 12.1 Å². The topological polar surface area (TPSA) is 68.1 Å². The van der Waals surface area contributed by atoms with Crippen LogP contribution in [0.15, 0.2) is 23.6 Å². The molecule has 18 heavy (non-hydrogen) atoms. The molecule has 0 aliphatic carbocycles. The van der Waals surface area contributed by atoms with Gasteiger partial charge in [-0.3, -0.25) is 10.1 Å². The summed E-state index contributed by atoms with van der Waals surface area (Å²) >= 11 is 1.60. The van der Waals surface area contributed by atoms with Crippen molar-refractivity contribution in [3.8, 4) is 11.3 Å². The average Bonchev–Trinajstić information content (AvgIpc) is 2.75. The maximum absolute atomic E-state index is 10.9. The molecular formula is C12H13N3O2S. The fourth-order valence-corrected chi connectivity index (χ4v) is 2.39. The van der Waals surface area contributed by atoms with Crippen LogP contribution in [0.1, 0.15) is 11.8 Å². The molecule has 2 heterocycles. The van der Waals surface area contributed by atoms with Crippen LogP contribution in [0.3, 0.4) is 0 Å². The van der Waals surface area contributed by atoms with Crippen LogP contribution in [0.25, 0.3) is 11.3 Å². The second kappa shape index (κ2) is 5.14. The lowest BCUT2D eigenvalue weighted by Gasteiger charge is -2.05. The van der Waals surface area contributed by atoms with Crippen LogP contribution < -0.4 is 5.32 Å². The molecule has 0 unspecified atom stereocenters. The highest BCUT2D eigenvalue weighted by Crippen LogP contribution is 2.30. The van der Waals surface area contributed by atoms with E-state index < -0.39 is 4.92 Å². The standard InChI is InChI=1S/C12H13N3O2S/c1-3-13-12-7-9(15(16)17)6-11(14-12)10-4-5-18-8(10)2/h4-7H,3H2,1-2H3,(H,13,14). The number of hydrogen-bond acceptors (Lipinski definition) is 5.